The second-order valence-electron chi connectivity index (χ2n) is 6.13. The van der Waals surface area contributed by atoms with Gasteiger partial charge in [-0.15, -0.1) is 0 Å². The molecule has 1 fully saturated rings. The molecule has 2 aromatic rings. The Hall–Kier alpha value is -1.42. The zero-order valence-electron chi connectivity index (χ0n) is 14.8. The summed E-state index contributed by atoms with van der Waals surface area (Å²) in [5.41, 5.74) is 1.65. The molecule has 2 unspecified atom stereocenters. The number of unbranched alkanes of at least 4 members (excludes halogenated alkanes) is 1. The maximum Gasteiger partial charge on any atom is 0.167 e. The van der Waals surface area contributed by atoms with Crippen molar-refractivity contribution in [3.8, 4) is 0 Å². The van der Waals surface area contributed by atoms with E-state index in [1.165, 1.54) is 0 Å². The summed E-state index contributed by atoms with van der Waals surface area (Å²) in [6.45, 7) is 6.70. The van der Waals surface area contributed by atoms with Gasteiger partial charge in [0.15, 0.2) is 17.0 Å². The second kappa shape index (κ2) is 8.79. The molecule has 3 rings (SSSR count). The molecule has 138 valence electrons. The number of nitrogens with zero attached hydrogens (tertiary/aromatic N) is 5. The average molecular weight is 366 g/mol. The highest BCUT2D eigenvalue weighted by Crippen LogP contribution is 2.32. The number of nitrogens with two attached hydrogens (primary N) is 1. The fourth-order valence-electron chi connectivity index (χ4n) is 3.17. The van der Waals surface area contributed by atoms with Gasteiger partial charge in [0.1, 0.15) is 12.6 Å². The summed E-state index contributed by atoms with van der Waals surface area (Å²) in [6.07, 6.45) is 7.52. The van der Waals surface area contributed by atoms with Crippen LogP contribution in [0.15, 0.2) is 12.7 Å². The molecule has 1 aliphatic heterocycles. The fraction of sp³-hybridized carbons (Fsp3) is 0.688. The third-order valence-corrected chi connectivity index (χ3v) is 4.79. The smallest absolute Gasteiger partial charge is 0.167 e. The number of hydrogen-bond acceptors (Lipinski definition) is 8. The van der Waals surface area contributed by atoms with Crippen LogP contribution in [0.2, 0.25) is 0 Å². The largest absolute Gasteiger partial charge is 0.355 e. The Morgan fingerprint density at radius 1 is 1.36 bits per heavy atom. The van der Waals surface area contributed by atoms with Gasteiger partial charge < -0.3 is 9.64 Å². The monoisotopic (exact) mass is 366 g/mol. The zero-order valence-corrected chi connectivity index (χ0v) is 15.6. The van der Waals surface area contributed by atoms with E-state index >= 15 is 0 Å². The van der Waals surface area contributed by atoms with Gasteiger partial charge in [-0.05, 0) is 26.2 Å². The van der Waals surface area contributed by atoms with Crippen LogP contribution in [-0.2, 0) is 8.92 Å². The van der Waals surface area contributed by atoms with Crippen LogP contribution in [0.4, 0.5) is 5.82 Å². The molecule has 0 aliphatic carbocycles. The van der Waals surface area contributed by atoms with E-state index in [4.69, 9.17) is 14.1 Å². The topological polar surface area (TPSA) is 91.3 Å². The maximum atomic E-state index is 6.06. The Morgan fingerprint density at radius 2 is 2.24 bits per heavy atom. The first kappa shape index (κ1) is 18.4. The molecular formula is C16H26N6O2S. The lowest BCUT2D eigenvalue weighted by Crippen LogP contribution is -2.25. The minimum Gasteiger partial charge on any atom is -0.355 e. The van der Waals surface area contributed by atoms with Crippen LogP contribution in [0, 0.1) is 0 Å². The molecule has 2 N–H and O–H groups in total. The molecule has 0 amide bonds. The summed E-state index contributed by atoms with van der Waals surface area (Å²) in [4.78, 5) is 15.8. The molecule has 0 saturated carbocycles. The first-order valence-corrected chi connectivity index (χ1v) is 9.65. The van der Waals surface area contributed by atoms with Gasteiger partial charge in [0.05, 0.1) is 31.3 Å². The Labute approximate surface area is 152 Å². The Bertz CT molecular complexity index is 682. The van der Waals surface area contributed by atoms with Crippen molar-refractivity contribution >= 4 is 29.2 Å². The third kappa shape index (κ3) is 4.05. The van der Waals surface area contributed by atoms with Crippen LogP contribution in [0.25, 0.3) is 11.2 Å². The Kier molecular flexibility index (Phi) is 6.46. The lowest BCUT2D eigenvalue weighted by molar-refractivity contribution is -0.0128. The fourth-order valence-corrected chi connectivity index (χ4v) is 3.40. The van der Waals surface area contributed by atoms with Gasteiger partial charge in [0.2, 0.25) is 0 Å². The molecule has 3 heterocycles. The Morgan fingerprint density at radius 3 is 3.00 bits per heavy atom. The van der Waals surface area contributed by atoms with Gasteiger partial charge in [-0.25, -0.2) is 15.0 Å². The van der Waals surface area contributed by atoms with E-state index < -0.39 is 0 Å². The number of anilines is 1. The molecular weight excluding hydrogens is 340 g/mol. The van der Waals surface area contributed by atoms with E-state index in [0.717, 1.165) is 68.0 Å². The average Bonchev–Trinajstić information content (AvgIpc) is 3.27. The van der Waals surface area contributed by atoms with Gasteiger partial charge in [-0.2, -0.15) is 0 Å². The highest BCUT2D eigenvalue weighted by atomic mass is 32.2. The standard InChI is InChI=1S/C16H26N6O2S/c1-3-5-8-21(4-2)15-14-16(19-10-18-15)22(11-20-14)13-7-6-12(24-13)9-23-25-17/h10-13H,3-9,17H2,1-2H3. The number of ether oxygens (including phenoxy) is 1. The number of hydrogen-bond donors (Lipinski definition) is 1. The molecule has 2 atom stereocenters. The number of rotatable bonds is 9. The number of imidazole rings is 1. The SMILES string of the molecule is CCCCN(CC)c1ncnc2c1ncn2C1CCC(COSN)O1. The minimum absolute atomic E-state index is 0.0523. The van der Waals surface area contributed by atoms with E-state index in [1.807, 2.05) is 10.9 Å². The first-order chi connectivity index (χ1) is 12.3. The van der Waals surface area contributed by atoms with Crippen molar-refractivity contribution < 1.29 is 8.92 Å². The van der Waals surface area contributed by atoms with Crippen molar-refractivity contribution in [3.63, 3.8) is 0 Å². The zero-order chi connectivity index (χ0) is 17.6. The second-order valence-corrected chi connectivity index (χ2v) is 6.55. The molecule has 0 bridgehead atoms. The lowest BCUT2D eigenvalue weighted by atomic mass is 10.2. The van der Waals surface area contributed by atoms with Crippen LogP contribution < -0.4 is 10.0 Å². The molecule has 8 nitrogen and oxygen atoms in total. The van der Waals surface area contributed by atoms with Crippen molar-refractivity contribution in [2.24, 2.45) is 5.14 Å². The van der Waals surface area contributed by atoms with Crippen molar-refractivity contribution in [1.82, 2.24) is 19.5 Å². The van der Waals surface area contributed by atoms with Gasteiger partial charge in [-0.1, -0.05) is 13.3 Å². The highest BCUT2D eigenvalue weighted by Gasteiger charge is 2.29. The van der Waals surface area contributed by atoms with Crippen molar-refractivity contribution in [2.75, 3.05) is 24.6 Å². The summed E-state index contributed by atoms with van der Waals surface area (Å²) >= 11 is 0.879. The van der Waals surface area contributed by atoms with Gasteiger partial charge in [0.25, 0.3) is 0 Å². The molecule has 1 aliphatic rings. The third-order valence-electron chi connectivity index (χ3n) is 4.52. The van der Waals surface area contributed by atoms with E-state index in [-0.39, 0.29) is 12.3 Å². The van der Waals surface area contributed by atoms with E-state index in [2.05, 4.69) is 33.7 Å². The van der Waals surface area contributed by atoms with Crippen LogP contribution in [0.1, 0.15) is 45.8 Å². The van der Waals surface area contributed by atoms with Crippen molar-refractivity contribution in [3.05, 3.63) is 12.7 Å². The molecule has 0 aromatic carbocycles. The molecule has 1 saturated heterocycles. The van der Waals surface area contributed by atoms with Gasteiger partial charge >= 0.3 is 0 Å². The number of aromatic nitrogens is 4. The highest BCUT2D eigenvalue weighted by molar-refractivity contribution is 7.92. The molecule has 25 heavy (non-hydrogen) atoms. The summed E-state index contributed by atoms with van der Waals surface area (Å²) in [6, 6.07) is 0. The number of fused-ring (bicyclic) bond motifs is 1. The normalized spacial score (nSPS) is 20.4. The molecule has 0 spiro atoms. The van der Waals surface area contributed by atoms with Crippen LogP contribution >= 0.6 is 12.2 Å². The summed E-state index contributed by atoms with van der Waals surface area (Å²) in [5.74, 6) is 0.900. The van der Waals surface area contributed by atoms with Gasteiger partial charge in [0, 0.05) is 13.1 Å². The predicted octanol–water partition coefficient (Wildman–Crippen LogP) is 2.67. The van der Waals surface area contributed by atoms with E-state index in [9.17, 15) is 0 Å². The first-order valence-electron chi connectivity index (χ1n) is 8.84. The van der Waals surface area contributed by atoms with Crippen LogP contribution in [0.3, 0.4) is 0 Å². The van der Waals surface area contributed by atoms with Gasteiger partial charge in [-0.3, -0.25) is 13.9 Å². The van der Waals surface area contributed by atoms with Crippen LogP contribution in [-0.4, -0.2) is 45.3 Å². The Balaban J connectivity index is 1.81. The quantitative estimate of drug-likeness (QED) is 0.535. The van der Waals surface area contributed by atoms with E-state index in [1.54, 1.807) is 6.33 Å². The minimum atomic E-state index is -0.0742. The van der Waals surface area contributed by atoms with Crippen molar-refractivity contribution in [1.29, 1.82) is 0 Å². The summed E-state index contributed by atoms with van der Waals surface area (Å²) < 4.78 is 13.3. The maximum absolute atomic E-state index is 6.06. The van der Waals surface area contributed by atoms with E-state index in [0.29, 0.717) is 6.61 Å². The molecule has 9 heteroatoms. The summed E-state index contributed by atoms with van der Waals surface area (Å²) in [5, 5.41) is 5.31. The summed E-state index contributed by atoms with van der Waals surface area (Å²) in [7, 11) is 0. The van der Waals surface area contributed by atoms with Crippen molar-refractivity contribution in [2.45, 2.75) is 51.9 Å². The lowest BCUT2D eigenvalue weighted by Gasteiger charge is -2.21. The predicted molar refractivity (Wildman–Crippen MR) is 99.0 cm³/mol. The molecule has 2 aromatic heterocycles. The molecule has 0 radical (unpaired) electrons. The van der Waals surface area contributed by atoms with Crippen LogP contribution in [0.5, 0.6) is 0 Å².